The molecule has 5 nitrogen and oxygen atoms in total. The van der Waals surface area contributed by atoms with E-state index >= 15 is 0 Å². The van der Waals surface area contributed by atoms with Gasteiger partial charge in [0.2, 0.25) is 5.91 Å². The van der Waals surface area contributed by atoms with Crippen LogP contribution in [-0.2, 0) is 14.0 Å². The van der Waals surface area contributed by atoms with Crippen LogP contribution in [0.15, 0.2) is 0 Å². The van der Waals surface area contributed by atoms with Crippen LogP contribution in [-0.4, -0.2) is 56.0 Å². The third-order valence-electron chi connectivity index (χ3n) is 4.28. The van der Waals surface area contributed by atoms with Crippen molar-refractivity contribution in [3.8, 4) is 0 Å². The van der Waals surface area contributed by atoms with Crippen LogP contribution >= 0.6 is 11.8 Å². The van der Waals surface area contributed by atoms with E-state index in [1.807, 2.05) is 6.92 Å². The zero-order valence-electron chi connectivity index (χ0n) is 14.6. The Kier molecular flexibility index (Phi) is 6.95. The first-order chi connectivity index (χ1) is 10.0. The van der Waals surface area contributed by atoms with Crippen LogP contribution in [0.5, 0.6) is 0 Å². The molecule has 0 saturated carbocycles. The number of ether oxygens (including phenoxy) is 1. The maximum Gasteiger partial charge on any atom is 0.416 e. The summed E-state index contributed by atoms with van der Waals surface area (Å²) in [5, 5.41) is 0.388. The second-order valence-electron chi connectivity index (χ2n) is 7.15. The van der Waals surface area contributed by atoms with E-state index in [0.29, 0.717) is 26.2 Å². The summed E-state index contributed by atoms with van der Waals surface area (Å²) < 4.78 is 10.9. The predicted molar refractivity (Wildman–Crippen MR) is 92.7 cm³/mol. The van der Waals surface area contributed by atoms with Gasteiger partial charge in [-0.3, -0.25) is 4.79 Å². The van der Waals surface area contributed by atoms with E-state index in [0.717, 1.165) is 5.75 Å². The fraction of sp³-hybridized carbons (Fsp3) is 0.867. The van der Waals surface area contributed by atoms with Crippen molar-refractivity contribution in [2.75, 3.05) is 25.5 Å². The number of imide groups is 1. The minimum absolute atomic E-state index is 0.146. The van der Waals surface area contributed by atoms with E-state index in [2.05, 4.69) is 33.9 Å². The van der Waals surface area contributed by atoms with Gasteiger partial charge in [0.25, 0.3) is 0 Å². The first-order valence-corrected chi connectivity index (χ1v) is 11.7. The third kappa shape index (κ3) is 5.59. The number of carbonyl (C=O) groups excluding carboxylic acids is 2. The quantitative estimate of drug-likeness (QED) is 0.521. The van der Waals surface area contributed by atoms with Crippen molar-refractivity contribution in [2.45, 2.75) is 57.5 Å². The van der Waals surface area contributed by atoms with E-state index in [1.165, 1.54) is 4.90 Å². The maximum absolute atomic E-state index is 12.0. The van der Waals surface area contributed by atoms with Crippen molar-refractivity contribution in [1.82, 2.24) is 4.90 Å². The first kappa shape index (κ1) is 19.5. The number of rotatable bonds is 7. The normalized spacial score (nSPS) is 17.5. The number of thioether (sulfide) groups is 1. The molecular formula is C15H29NO4SSi. The summed E-state index contributed by atoms with van der Waals surface area (Å²) in [7, 11) is -1.69. The Bertz CT molecular complexity index is 409. The smallest absolute Gasteiger partial charge is 0.416 e. The van der Waals surface area contributed by atoms with Crippen LogP contribution in [0.25, 0.3) is 0 Å². The lowest BCUT2D eigenvalue weighted by atomic mass is 10.2. The Labute approximate surface area is 139 Å². The highest BCUT2D eigenvalue weighted by Gasteiger charge is 2.37. The topological polar surface area (TPSA) is 55.8 Å². The summed E-state index contributed by atoms with van der Waals surface area (Å²) in [6.45, 7) is 14.6. The summed E-state index contributed by atoms with van der Waals surface area (Å²) in [4.78, 5) is 24.5. The molecule has 128 valence electrons. The van der Waals surface area contributed by atoms with Crippen molar-refractivity contribution in [2.24, 2.45) is 0 Å². The lowest BCUT2D eigenvalue weighted by Gasteiger charge is -2.36. The molecule has 0 spiro atoms. The maximum atomic E-state index is 12.0. The van der Waals surface area contributed by atoms with E-state index in [9.17, 15) is 9.59 Å². The molecule has 1 rings (SSSR count). The van der Waals surface area contributed by atoms with Gasteiger partial charge in [0.1, 0.15) is 6.61 Å². The molecule has 0 bridgehead atoms. The summed E-state index contributed by atoms with van der Waals surface area (Å²) in [5.74, 6) is 0.721. The highest BCUT2D eigenvalue weighted by molar-refractivity contribution is 7.99. The average Bonchev–Trinajstić information content (AvgIpc) is 2.79. The van der Waals surface area contributed by atoms with Gasteiger partial charge in [0.05, 0.1) is 6.54 Å². The molecular weight excluding hydrogens is 318 g/mol. The minimum Gasteiger partial charge on any atom is -0.447 e. The van der Waals surface area contributed by atoms with Gasteiger partial charge in [0, 0.05) is 24.0 Å². The number of hydrogen-bond donors (Lipinski definition) is 0. The lowest BCUT2D eigenvalue weighted by Crippen LogP contribution is -2.41. The van der Waals surface area contributed by atoms with E-state index < -0.39 is 14.4 Å². The van der Waals surface area contributed by atoms with E-state index in [4.69, 9.17) is 9.16 Å². The van der Waals surface area contributed by atoms with Gasteiger partial charge in [-0.1, -0.05) is 27.7 Å². The molecule has 22 heavy (non-hydrogen) atoms. The molecule has 1 aliphatic heterocycles. The Balaban J connectivity index is 2.25. The molecule has 1 heterocycles. The van der Waals surface area contributed by atoms with Crippen LogP contribution in [0.2, 0.25) is 18.1 Å². The summed E-state index contributed by atoms with van der Waals surface area (Å²) >= 11 is 1.71. The van der Waals surface area contributed by atoms with Crippen LogP contribution < -0.4 is 0 Å². The van der Waals surface area contributed by atoms with Gasteiger partial charge in [-0.2, -0.15) is 11.8 Å². The van der Waals surface area contributed by atoms with E-state index in [-0.39, 0.29) is 16.2 Å². The molecule has 1 fully saturated rings. The largest absolute Gasteiger partial charge is 0.447 e. The van der Waals surface area contributed by atoms with Gasteiger partial charge in [-0.15, -0.1) is 0 Å². The molecule has 0 aromatic carbocycles. The summed E-state index contributed by atoms with van der Waals surface area (Å²) in [6.07, 6.45) is -0.150. The molecule has 0 aliphatic carbocycles. The highest BCUT2D eigenvalue weighted by Crippen LogP contribution is 2.36. The van der Waals surface area contributed by atoms with Crippen molar-refractivity contribution in [3.05, 3.63) is 0 Å². The summed E-state index contributed by atoms with van der Waals surface area (Å²) in [6, 6.07) is 0. The van der Waals surface area contributed by atoms with Crippen LogP contribution in [0.1, 0.15) is 34.1 Å². The molecule has 0 aromatic heterocycles. The Morgan fingerprint density at radius 3 is 2.59 bits per heavy atom. The van der Waals surface area contributed by atoms with Crippen molar-refractivity contribution in [3.63, 3.8) is 0 Å². The minimum atomic E-state index is -1.69. The monoisotopic (exact) mass is 347 g/mol. The second-order valence-corrected chi connectivity index (χ2v) is 13.5. The van der Waals surface area contributed by atoms with E-state index in [1.54, 1.807) is 11.8 Å². The lowest BCUT2D eigenvalue weighted by molar-refractivity contribution is -0.127. The molecule has 1 aliphatic rings. The fourth-order valence-electron chi connectivity index (χ4n) is 1.80. The molecule has 1 saturated heterocycles. The van der Waals surface area contributed by atoms with Crippen molar-refractivity contribution < 1.29 is 18.8 Å². The Hall–Kier alpha value is -0.533. The van der Waals surface area contributed by atoms with Gasteiger partial charge >= 0.3 is 6.09 Å². The molecule has 0 radical (unpaired) electrons. The molecule has 0 N–H and O–H groups in total. The molecule has 7 heteroatoms. The predicted octanol–water partition coefficient (Wildman–Crippen LogP) is 3.50. The van der Waals surface area contributed by atoms with Crippen molar-refractivity contribution >= 4 is 32.1 Å². The van der Waals surface area contributed by atoms with Crippen LogP contribution in [0.4, 0.5) is 4.79 Å². The number of cyclic esters (lactones) is 1. The second kappa shape index (κ2) is 7.83. The van der Waals surface area contributed by atoms with Crippen LogP contribution in [0, 0.1) is 0 Å². The van der Waals surface area contributed by atoms with Gasteiger partial charge < -0.3 is 9.16 Å². The standard InChI is InChI=1S/C15H29NO4SSi/c1-12(11-13(17)16-7-8-19-14(16)18)21-10-9-20-22(5,6)15(2,3)4/h12H,7-11H2,1-6H3/t12-/m0/s1. The van der Waals surface area contributed by atoms with Gasteiger partial charge in [0.15, 0.2) is 8.32 Å². The summed E-state index contributed by atoms with van der Waals surface area (Å²) in [5.41, 5.74) is 0. The average molecular weight is 348 g/mol. The van der Waals surface area contributed by atoms with Gasteiger partial charge in [-0.05, 0) is 18.1 Å². The van der Waals surface area contributed by atoms with Crippen LogP contribution in [0.3, 0.4) is 0 Å². The molecule has 0 aromatic rings. The number of hydrogen-bond acceptors (Lipinski definition) is 5. The van der Waals surface area contributed by atoms with Crippen molar-refractivity contribution in [1.29, 1.82) is 0 Å². The van der Waals surface area contributed by atoms with Gasteiger partial charge in [-0.25, -0.2) is 9.69 Å². The number of carbonyl (C=O) groups is 2. The Morgan fingerprint density at radius 1 is 1.45 bits per heavy atom. The zero-order chi connectivity index (χ0) is 17.0. The molecule has 2 amide bonds. The molecule has 1 atom stereocenters. The molecule has 0 unspecified atom stereocenters. The fourth-order valence-corrected chi connectivity index (χ4v) is 3.83. The first-order valence-electron chi connectivity index (χ1n) is 7.77. The zero-order valence-corrected chi connectivity index (χ0v) is 16.4. The number of nitrogens with zero attached hydrogens (tertiary/aromatic N) is 1. The third-order valence-corrected chi connectivity index (χ3v) is 9.95. The Morgan fingerprint density at radius 2 is 2.09 bits per heavy atom. The highest BCUT2D eigenvalue weighted by atomic mass is 32.2. The SMILES string of the molecule is C[C@@H](CC(=O)N1CCOC1=O)SCCO[Si](C)(C)C(C)(C)C. The number of amides is 2.